The molecule has 23 nitrogen and oxygen atoms in total. The number of imide groups is 1. The molecule has 0 saturated carbocycles. The number of methoxy groups -OCH3 is 1. The Bertz CT molecular complexity index is 3000. The lowest BCUT2D eigenvalue weighted by atomic mass is 10.1. The number of fused-ring (bicyclic) bond motifs is 2. The molecule has 68 heavy (non-hydrogen) atoms. The maximum Gasteiger partial charge on any atom is 0.278 e. The Hall–Kier alpha value is -8.15. The molecule has 7 amide bonds. The van der Waals surface area contributed by atoms with Crippen LogP contribution >= 0.6 is 12.6 Å². The van der Waals surface area contributed by atoms with E-state index in [1.54, 1.807) is 52.1 Å². The molecule has 24 heteroatoms. The summed E-state index contributed by atoms with van der Waals surface area (Å²) in [6, 6.07) is 10.6. The Morgan fingerprint density at radius 1 is 0.912 bits per heavy atom. The summed E-state index contributed by atoms with van der Waals surface area (Å²) in [4.78, 5) is 101. The number of allylic oxidation sites excluding steroid dienone is 2. The fourth-order valence-corrected chi connectivity index (χ4v) is 7.84. The zero-order valence-corrected chi connectivity index (χ0v) is 38.4. The van der Waals surface area contributed by atoms with Crippen LogP contribution in [0.1, 0.15) is 73.6 Å². The number of benzene rings is 2. The Morgan fingerprint density at radius 3 is 2.09 bits per heavy atom. The van der Waals surface area contributed by atoms with Gasteiger partial charge < -0.3 is 35.0 Å². The largest absolute Gasteiger partial charge is 0.494 e. The minimum Gasteiger partial charge on any atom is -0.494 e. The summed E-state index contributed by atoms with van der Waals surface area (Å²) in [6.07, 6.45) is 5.22. The number of anilines is 2. The number of aromatic nitrogens is 8. The van der Waals surface area contributed by atoms with Gasteiger partial charge in [0.2, 0.25) is 41.4 Å². The summed E-state index contributed by atoms with van der Waals surface area (Å²) in [6.45, 7) is 4.49. The molecule has 1 fully saturated rings. The van der Waals surface area contributed by atoms with E-state index in [4.69, 9.17) is 20.9 Å². The van der Waals surface area contributed by atoms with Crippen molar-refractivity contribution in [1.29, 1.82) is 0 Å². The van der Waals surface area contributed by atoms with Crippen molar-refractivity contribution >= 4 is 87.9 Å². The summed E-state index contributed by atoms with van der Waals surface area (Å²) < 4.78 is 16.8. The van der Waals surface area contributed by atoms with E-state index in [1.807, 2.05) is 6.92 Å². The van der Waals surface area contributed by atoms with Crippen LogP contribution in [0.5, 0.6) is 11.5 Å². The number of nitrogens with zero attached hydrogens (tertiary/aromatic N) is 10. The van der Waals surface area contributed by atoms with E-state index in [-0.39, 0.29) is 103 Å². The number of imidazole rings is 2. The van der Waals surface area contributed by atoms with Crippen LogP contribution < -0.4 is 31.6 Å². The fraction of sp³-hybridized carbons (Fsp3) is 0.318. The maximum absolute atomic E-state index is 13.7. The number of hydrogen-bond acceptors (Lipinski definition) is 15. The minimum atomic E-state index is -0.760. The van der Waals surface area contributed by atoms with Crippen LogP contribution in [0.3, 0.4) is 0 Å². The van der Waals surface area contributed by atoms with Crippen molar-refractivity contribution in [1.82, 2.24) is 48.9 Å². The number of aryl methyl sites for hydroxylation is 2. The van der Waals surface area contributed by atoms with E-state index in [0.29, 0.717) is 40.9 Å². The number of nitrogens with two attached hydrogens (primary N) is 2. The van der Waals surface area contributed by atoms with Gasteiger partial charge in [-0.1, -0.05) is 12.2 Å². The average molecular weight is 949 g/mol. The first-order valence-electron chi connectivity index (χ1n) is 21.3. The van der Waals surface area contributed by atoms with Gasteiger partial charge in [-0.2, -0.15) is 22.8 Å². The Labute approximate surface area is 393 Å². The molecule has 1 aliphatic rings. The molecule has 2 aromatic carbocycles. The predicted molar refractivity (Wildman–Crippen MR) is 249 cm³/mol. The van der Waals surface area contributed by atoms with Crippen molar-refractivity contribution in [3.8, 4) is 11.5 Å². The van der Waals surface area contributed by atoms with E-state index in [9.17, 15) is 33.6 Å². The number of nitrogens with one attached hydrogen (secondary N) is 2. The highest BCUT2D eigenvalue weighted by molar-refractivity contribution is 7.81. The number of ether oxygens (including phenoxy) is 2. The first kappa shape index (κ1) is 47.8. The Morgan fingerprint density at radius 2 is 1.53 bits per heavy atom. The van der Waals surface area contributed by atoms with Crippen molar-refractivity contribution in [2.75, 3.05) is 44.5 Å². The normalized spacial score (nSPS) is 13.7. The fourth-order valence-electron chi connectivity index (χ4n) is 7.55. The highest BCUT2D eigenvalue weighted by atomic mass is 32.1. The van der Waals surface area contributed by atoms with Crippen molar-refractivity contribution in [2.24, 2.45) is 11.5 Å². The second kappa shape index (κ2) is 20.6. The zero-order valence-electron chi connectivity index (χ0n) is 37.5. The zero-order chi connectivity index (χ0) is 48.8. The standard InChI is InChI=1S/C44H48N14O9S/c1-5-58-30(18-24(2)53-58)41(64)51-44-48-28-19-25(38(45)61)21-31(66-4)36(28)56(44)14-6-7-15-57-37-29(49-43(57)50-40(63)27-10-8-12-47-52-27)20-26(39(46)62)22-32(37)67-17-9-13-54(3)34(59)11-16-55-35(60)23-33(68)42(55)65/h6-8,10,12,18-22,33,68H,5,9,11,13-17,23H2,1-4H3,(H2,45,61)(H2,46,62)(H,48,51,64)(H,49,50,63)/b7-6+. The number of primary amides is 2. The van der Waals surface area contributed by atoms with Gasteiger partial charge in [-0.3, -0.25) is 53.8 Å². The van der Waals surface area contributed by atoms with Gasteiger partial charge in [0.25, 0.3) is 11.8 Å². The number of carbonyl (C=O) groups is 7. The van der Waals surface area contributed by atoms with Crippen LogP contribution in [0.2, 0.25) is 0 Å². The van der Waals surface area contributed by atoms with E-state index in [1.165, 1.54) is 48.5 Å². The summed E-state index contributed by atoms with van der Waals surface area (Å²) in [7, 11) is 3.02. The number of amides is 7. The molecule has 0 spiro atoms. The van der Waals surface area contributed by atoms with Gasteiger partial charge in [0, 0.05) is 69.9 Å². The van der Waals surface area contributed by atoms with Gasteiger partial charge in [0.1, 0.15) is 28.2 Å². The van der Waals surface area contributed by atoms with E-state index < -0.39 is 34.8 Å². The molecule has 4 aromatic heterocycles. The van der Waals surface area contributed by atoms with Gasteiger partial charge >= 0.3 is 0 Å². The smallest absolute Gasteiger partial charge is 0.278 e. The van der Waals surface area contributed by atoms with Crippen LogP contribution in [-0.2, 0) is 34.0 Å². The van der Waals surface area contributed by atoms with E-state index in [2.05, 4.69) is 48.5 Å². The SMILES string of the molecule is CCn1nc(C)cc1C(=O)Nc1nc2cc(C(N)=O)cc(OC)c2n1C/C=C/Cn1c(NC(=O)c2cccnn2)nc2cc(C(N)=O)cc(OCCCN(C)C(=O)CCN3C(=O)CC(S)C3=O)c21. The molecule has 1 saturated heterocycles. The van der Waals surface area contributed by atoms with Crippen molar-refractivity contribution < 1.29 is 43.0 Å². The molecule has 0 bridgehead atoms. The van der Waals surface area contributed by atoms with Gasteiger partial charge in [0.15, 0.2) is 5.69 Å². The predicted octanol–water partition coefficient (Wildman–Crippen LogP) is 2.34. The molecule has 1 unspecified atom stereocenters. The van der Waals surface area contributed by atoms with E-state index >= 15 is 0 Å². The lowest BCUT2D eigenvalue weighted by Gasteiger charge is -2.20. The third-order valence-electron chi connectivity index (χ3n) is 10.9. The average Bonchev–Trinajstić information content (AvgIpc) is 4.05. The summed E-state index contributed by atoms with van der Waals surface area (Å²) in [5, 5.41) is 17.0. The monoisotopic (exact) mass is 948 g/mol. The molecule has 354 valence electrons. The van der Waals surface area contributed by atoms with Gasteiger partial charge in [0.05, 0.1) is 35.7 Å². The number of carbonyl (C=O) groups excluding carboxylic acids is 7. The molecular formula is C44H48N14O9S. The second-order valence-corrected chi connectivity index (χ2v) is 16.2. The lowest BCUT2D eigenvalue weighted by molar-refractivity contribution is -0.139. The molecule has 1 aliphatic heterocycles. The second-order valence-electron chi connectivity index (χ2n) is 15.6. The van der Waals surface area contributed by atoms with E-state index in [0.717, 1.165) is 4.90 Å². The maximum atomic E-state index is 13.7. The number of thiol groups is 1. The lowest BCUT2D eigenvalue weighted by Crippen LogP contribution is -2.36. The first-order chi connectivity index (χ1) is 32.6. The molecule has 1 atom stereocenters. The van der Waals surface area contributed by atoms with Crippen LogP contribution in [0, 0.1) is 6.92 Å². The highest BCUT2D eigenvalue weighted by Crippen LogP contribution is 2.33. The molecule has 6 N–H and O–H groups in total. The highest BCUT2D eigenvalue weighted by Gasteiger charge is 2.36. The number of likely N-dealkylation sites (tertiary alicyclic amines) is 1. The molecule has 5 heterocycles. The van der Waals surface area contributed by atoms with Crippen LogP contribution in [0.25, 0.3) is 22.1 Å². The number of hydrogen-bond donors (Lipinski definition) is 5. The van der Waals surface area contributed by atoms with Crippen molar-refractivity contribution in [2.45, 2.75) is 58.0 Å². The molecule has 6 aromatic rings. The topological polar surface area (TPSA) is 300 Å². The van der Waals surface area contributed by atoms with Gasteiger partial charge in [-0.05, 0) is 62.7 Å². The van der Waals surface area contributed by atoms with Crippen LogP contribution in [0.15, 0.2) is 60.8 Å². The summed E-state index contributed by atoms with van der Waals surface area (Å²) in [5.74, 6) is -2.99. The Kier molecular flexibility index (Phi) is 14.5. The minimum absolute atomic E-state index is 0.00583. The molecular weight excluding hydrogens is 901 g/mol. The molecule has 0 radical (unpaired) electrons. The first-order valence-corrected chi connectivity index (χ1v) is 21.8. The quantitative estimate of drug-likeness (QED) is 0.0318. The van der Waals surface area contributed by atoms with Crippen molar-refractivity contribution in [3.63, 3.8) is 0 Å². The molecule has 0 aliphatic carbocycles. The third-order valence-corrected chi connectivity index (χ3v) is 11.3. The van der Waals surface area contributed by atoms with Crippen LogP contribution in [0.4, 0.5) is 11.9 Å². The van der Waals surface area contributed by atoms with Gasteiger partial charge in [-0.25, -0.2) is 9.97 Å². The van der Waals surface area contributed by atoms with Crippen molar-refractivity contribution in [3.05, 3.63) is 89.0 Å². The number of rotatable bonds is 20. The van der Waals surface area contributed by atoms with Crippen LogP contribution in [-0.4, -0.2) is 129 Å². The Balaban J connectivity index is 1.18. The molecule has 7 rings (SSSR count). The summed E-state index contributed by atoms with van der Waals surface area (Å²) >= 11 is 4.13. The third kappa shape index (κ3) is 10.3. The van der Waals surface area contributed by atoms with Gasteiger partial charge in [-0.15, -0.1) is 5.10 Å². The summed E-state index contributed by atoms with van der Waals surface area (Å²) in [5.41, 5.74) is 13.9.